The molecular weight excluding hydrogens is 343 g/mol. The number of thiazole rings is 1. The molecule has 0 saturated carbocycles. The predicted octanol–water partition coefficient (Wildman–Crippen LogP) is 4.45. The molecule has 1 atom stereocenters. The summed E-state index contributed by atoms with van der Waals surface area (Å²) in [5.41, 5.74) is -0.363. The molecule has 1 aliphatic heterocycles. The summed E-state index contributed by atoms with van der Waals surface area (Å²) in [5, 5.41) is 12.6. The lowest BCUT2D eigenvalue weighted by molar-refractivity contribution is -0.384. The van der Waals surface area contributed by atoms with Gasteiger partial charge in [-0.05, 0) is 18.9 Å². The van der Waals surface area contributed by atoms with Crippen molar-refractivity contribution in [3.8, 4) is 0 Å². The molecule has 2 aromatic rings. The Balaban J connectivity index is 1.83. The summed E-state index contributed by atoms with van der Waals surface area (Å²) in [4.78, 5) is 16.3. The lowest BCUT2D eigenvalue weighted by Crippen LogP contribution is -2.34. The second-order valence-corrected chi connectivity index (χ2v) is 6.49. The fourth-order valence-corrected chi connectivity index (χ4v) is 3.84. The molecule has 24 heavy (non-hydrogen) atoms. The third-order valence-electron chi connectivity index (χ3n) is 4.00. The minimum absolute atomic E-state index is 0.00766. The first-order valence-electron chi connectivity index (χ1n) is 7.37. The van der Waals surface area contributed by atoms with E-state index < -0.39 is 16.8 Å². The number of nitro benzene ring substituents is 1. The van der Waals surface area contributed by atoms with Crippen molar-refractivity contribution in [3.63, 3.8) is 0 Å². The number of benzene rings is 1. The van der Waals surface area contributed by atoms with Gasteiger partial charge in [-0.3, -0.25) is 10.1 Å². The largest absolute Gasteiger partial charge is 0.434 e. The number of para-hydroxylation sites is 2. The van der Waals surface area contributed by atoms with Gasteiger partial charge in [0.15, 0.2) is 5.69 Å². The van der Waals surface area contributed by atoms with Crippen LogP contribution in [0.15, 0.2) is 29.6 Å². The highest BCUT2D eigenvalue weighted by atomic mass is 32.1. The zero-order valence-corrected chi connectivity index (χ0v) is 13.3. The van der Waals surface area contributed by atoms with Gasteiger partial charge in [-0.1, -0.05) is 12.1 Å². The molecule has 0 radical (unpaired) electrons. The molecule has 0 aliphatic carbocycles. The number of rotatable bonds is 3. The van der Waals surface area contributed by atoms with E-state index in [1.807, 2.05) is 4.90 Å². The highest BCUT2D eigenvalue weighted by Crippen LogP contribution is 2.37. The standard InChI is InChI=1S/C15H14F3N3O2S/c16-15(17,18)13-9-24-14(19-13)10-4-3-7-20(8-10)11-5-1-2-6-12(11)21(22)23/h1-2,5-6,9-10H,3-4,7-8H2. The highest BCUT2D eigenvalue weighted by molar-refractivity contribution is 7.09. The molecule has 1 aromatic heterocycles. The summed E-state index contributed by atoms with van der Waals surface area (Å²) in [6, 6.07) is 6.42. The van der Waals surface area contributed by atoms with Crippen LogP contribution in [0.2, 0.25) is 0 Å². The molecule has 0 amide bonds. The first-order valence-corrected chi connectivity index (χ1v) is 8.25. The Morgan fingerprint density at radius 2 is 2.08 bits per heavy atom. The quantitative estimate of drug-likeness (QED) is 0.601. The summed E-state index contributed by atoms with van der Waals surface area (Å²) in [5.74, 6) is -0.153. The van der Waals surface area contributed by atoms with Crippen molar-refractivity contribution < 1.29 is 18.1 Å². The fraction of sp³-hybridized carbons (Fsp3) is 0.400. The summed E-state index contributed by atoms with van der Waals surface area (Å²) in [7, 11) is 0. The lowest BCUT2D eigenvalue weighted by Gasteiger charge is -2.33. The van der Waals surface area contributed by atoms with Crippen LogP contribution in [0.4, 0.5) is 24.5 Å². The average molecular weight is 357 g/mol. The molecule has 0 spiro atoms. The molecule has 0 bridgehead atoms. The van der Waals surface area contributed by atoms with Gasteiger partial charge in [0.05, 0.1) is 9.93 Å². The smallest absolute Gasteiger partial charge is 0.365 e. The monoisotopic (exact) mass is 357 g/mol. The second kappa shape index (κ2) is 6.39. The molecule has 1 unspecified atom stereocenters. The van der Waals surface area contributed by atoms with Crippen molar-refractivity contribution in [2.45, 2.75) is 24.9 Å². The van der Waals surface area contributed by atoms with Crippen LogP contribution in [-0.4, -0.2) is 23.0 Å². The van der Waals surface area contributed by atoms with Gasteiger partial charge in [-0.15, -0.1) is 11.3 Å². The highest BCUT2D eigenvalue weighted by Gasteiger charge is 2.35. The van der Waals surface area contributed by atoms with E-state index in [2.05, 4.69) is 4.98 Å². The Hall–Kier alpha value is -2.16. The molecule has 1 aromatic carbocycles. The zero-order chi connectivity index (χ0) is 17.3. The van der Waals surface area contributed by atoms with E-state index in [-0.39, 0.29) is 11.6 Å². The number of anilines is 1. The topological polar surface area (TPSA) is 59.3 Å². The van der Waals surface area contributed by atoms with Crippen molar-refractivity contribution in [2.75, 3.05) is 18.0 Å². The van der Waals surface area contributed by atoms with Crippen LogP contribution in [0.25, 0.3) is 0 Å². The van der Waals surface area contributed by atoms with Crippen LogP contribution >= 0.6 is 11.3 Å². The van der Waals surface area contributed by atoms with Crippen LogP contribution in [0, 0.1) is 10.1 Å². The molecule has 1 fully saturated rings. The number of hydrogen-bond acceptors (Lipinski definition) is 5. The summed E-state index contributed by atoms with van der Waals surface area (Å²) in [6.45, 7) is 1.06. The van der Waals surface area contributed by atoms with E-state index >= 15 is 0 Å². The second-order valence-electron chi connectivity index (χ2n) is 5.60. The maximum absolute atomic E-state index is 12.7. The fourth-order valence-electron chi connectivity index (χ4n) is 2.89. The molecule has 128 valence electrons. The van der Waals surface area contributed by atoms with Crippen LogP contribution in [0.3, 0.4) is 0 Å². The molecule has 3 rings (SSSR count). The number of halogens is 3. The van der Waals surface area contributed by atoms with Crippen molar-refractivity contribution >= 4 is 22.7 Å². The molecule has 0 N–H and O–H groups in total. The molecule has 2 heterocycles. The zero-order valence-electron chi connectivity index (χ0n) is 12.5. The molecule has 5 nitrogen and oxygen atoms in total. The van der Waals surface area contributed by atoms with Gasteiger partial charge in [0.2, 0.25) is 0 Å². The minimum atomic E-state index is -4.44. The van der Waals surface area contributed by atoms with E-state index in [9.17, 15) is 23.3 Å². The minimum Gasteiger partial charge on any atom is -0.365 e. The van der Waals surface area contributed by atoms with Gasteiger partial charge < -0.3 is 4.90 Å². The Bertz CT molecular complexity index is 748. The number of piperidine rings is 1. The van der Waals surface area contributed by atoms with E-state index in [1.165, 1.54) is 6.07 Å². The van der Waals surface area contributed by atoms with Crippen LogP contribution in [0.1, 0.15) is 29.5 Å². The SMILES string of the molecule is O=[N+]([O-])c1ccccc1N1CCCC(c2nc(C(F)(F)F)cs2)C1. The third kappa shape index (κ3) is 3.35. The molecular formula is C15H14F3N3O2S. The lowest BCUT2D eigenvalue weighted by atomic mass is 9.98. The number of nitro groups is 1. The van der Waals surface area contributed by atoms with Crippen molar-refractivity contribution in [1.29, 1.82) is 0 Å². The van der Waals surface area contributed by atoms with Gasteiger partial charge in [0.25, 0.3) is 5.69 Å². The summed E-state index contributed by atoms with van der Waals surface area (Å²) >= 11 is 0.999. The first kappa shape index (κ1) is 16.7. The average Bonchev–Trinajstić information content (AvgIpc) is 3.05. The van der Waals surface area contributed by atoms with Crippen LogP contribution in [-0.2, 0) is 6.18 Å². The van der Waals surface area contributed by atoms with E-state index in [0.29, 0.717) is 23.8 Å². The Morgan fingerprint density at radius 1 is 1.33 bits per heavy atom. The van der Waals surface area contributed by atoms with E-state index in [4.69, 9.17) is 0 Å². The van der Waals surface area contributed by atoms with Crippen LogP contribution < -0.4 is 4.90 Å². The van der Waals surface area contributed by atoms with Crippen molar-refractivity contribution in [2.24, 2.45) is 0 Å². The van der Waals surface area contributed by atoms with Gasteiger partial charge in [-0.2, -0.15) is 13.2 Å². The summed E-state index contributed by atoms with van der Waals surface area (Å²) < 4.78 is 38.1. The Labute approximate surface area is 139 Å². The maximum Gasteiger partial charge on any atom is 0.434 e. The third-order valence-corrected chi connectivity index (χ3v) is 5.01. The first-order chi connectivity index (χ1) is 11.4. The normalized spacial score (nSPS) is 18.6. The van der Waals surface area contributed by atoms with E-state index in [0.717, 1.165) is 29.6 Å². The Morgan fingerprint density at radius 3 is 2.75 bits per heavy atom. The molecule has 1 saturated heterocycles. The number of aromatic nitrogens is 1. The van der Waals surface area contributed by atoms with Gasteiger partial charge in [0.1, 0.15) is 5.69 Å². The maximum atomic E-state index is 12.7. The van der Waals surface area contributed by atoms with Crippen molar-refractivity contribution in [1.82, 2.24) is 4.98 Å². The predicted molar refractivity (Wildman–Crippen MR) is 84.4 cm³/mol. The van der Waals surface area contributed by atoms with Gasteiger partial charge in [0, 0.05) is 30.5 Å². The van der Waals surface area contributed by atoms with Gasteiger partial charge in [-0.25, -0.2) is 4.98 Å². The number of nitrogens with zero attached hydrogens (tertiary/aromatic N) is 3. The summed E-state index contributed by atoms with van der Waals surface area (Å²) in [6.07, 6.45) is -2.97. The van der Waals surface area contributed by atoms with Gasteiger partial charge >= 0.3 is 6.18 Å². The molecule has 1 aliphatic rings. The molecule has 9 heteroatoms. The van der Waals surface area contributed by atoms with E-state index in [1.54, 1.807) is 18.2 Å². The number of hydrogen-bond donors (Lipinski definition) is 0. The Kier molecular flexibility index (Phi) is 4.44. The van der Waals surface area contributed by atoms with Crippen LogP contribution in [0.5, 0.6) is 0 Å². The number of alkyl halides is 3. The van der Waals surface area contributed by atoms with Crippen molar-refractivity contribution in [3.05, 3.63) is 50.5 Å².